The Kier molecular flexibility index (Phi) is 11.4. The van der Waals surface area contributed by atoms with Crippen LogP contribution >= 0.6 is 0 Å². The number of hydrogen-bond acceptors (Lipinski definition) is 6. The molecule has 46 heavy (non-hydrogen) atoms. The van der Waals surface area contributed by atoms with Gasteiger partial charge in [0, 0.05) is 25.1 Å². The number of carbonyl (C=O) groups excluding carboxylic acids is 2. The van der Waals surface area contributed by atoms with Crippen LogP contribution in [0, 0.1) is 6.92 Å². The summed E-state index contributed by atoms with van der Waals surface area (Å²) in [6.07, 6.45) is 0.241. The Balaban J connectivity index is 1.81. The van der Waals surface area contributed by atoms with Crippen molar-refractivity contribution in [2.75, 3.05) is 25.1 Å². The van der Waals surface area contributed by atoms with Crippen molar-refractivity contribution < 1.29 is 27.5 Å². The van der Waals surface area contributed by atoms with E-state index in [4.69, 9.17) is 9.47 Å². The molecule has 0 saturated heterocycles. The standard InChI is InChI=1S/C36H41N3O6S/c1-26(2)37-36(41)32(22-28-12-8-6-9-13-28)38(24-29-14-10-7-11-15-29)35(40)25-39(30-18-16-27(3)17-19-30)46(42,43)31-20-21-33(44-4)34(23-31)45-5/h6-21,23,26,32H,22,24-25H2,1-5H3,(H,37,41)/t32-/m1/s1. The first kappa shape index (κ1) is 34.1. The van der Waals surface area contributed by atoms with Gasteiger partial charge in [-0.15, -0.1) is 0 Å². The van der Waals surface area contributed by atoms with Gasteiger partial charge in [0.2, 0.25) is 11.8 Å². The van der Waals surface area contributed by atoms with E-state index in [2.05, 4.69) is 5.32 Å². The van der Waals surface area contributed by atoms with E-state index in [9.17, 15) is 18.0 Å². The molecule has 10 heteroatoms. The van der Waals surface area contributed by atoms with Gasteiger partial charge in [-0.1, -0.05) is 78.4 Å². The van der Waals surface area contributed by atoms with Crippen LogP contribution in [0.4, 0.5) is 5.69 Å². The zero-order chi connectivity index (χ0) is 33.3. The number of carbonyl (C=O) groups is 2. The Morgan fingerprint density at radius 3 is 1.93 bits per heavy atom. The van der Waals surface area contributed by atoms with Gasteiger partial charge in [-0.3, -0.25) is 13.9 Å². The summed E-state index contributed by atoms with van der Waals surface area (Å²) in [7, 11) is -1.41. The number of sulfonamides is 1. The highest BCUT2D eigenvalue weighted by molar-refractivity contribution is 7.92. The molecular weight excluding hydrogens is 602 g/mol. The fourth-order valence-corrected chi connectivity index (χ4v) is 6.49. The van der Waals surface area contributed by atoms with Gasteiger partial charge >= 0.3 is 0 Å². The normalized spacial score (nSPS) is 11.9. The van der Waals surface area contributed by atoms with Crippen LogP contribution in [0.25, 0.3) is 0 Å². The minimum Gasteiger partial charge on any atom is -0.493 e. The number of rotatable bonds is 14. The average molecular weight is 644 g/mol. The Morgan fingerprint density at radius 2 is 1.37 bits per heavy atom. The van der Waals surface area contributed by atoms with Gasteiger partial charge in [-0.25, -0.2) is 8.42 Å². The van der Waals surface area contributed by atoms with E-state index in [0.29, 0.717) is 11.4 Å². The topological polar surface area (TPSA) is 105 Å². The van der Waals surface area contributed by atoms with Crippen molar-refractivity contribution in [1.29, 1.82) is 0 Å². The first-order valence-corrected chi connectivity index (χ1v) is 16.5. The number of ether oxygens (including phenoxy) is 2. The predicted octanol–water partition coefficient (Wildman–Crippen LogP) is 5.37. The molecule has 4 rings (SSSR count). The van der Waals surface area contributed by atoms with Crippen LogP contribution < -0.4 is 19.1 Å². The van der Waals surface area contributed by atoms with Crippen molar-refractivity contribution in [1.82, 2.24) is 10.2 Å². The van der Waals surface area contributed by atoms with Crippen LogP contribution in [-0.2, 0) is 32.6 Å². The molecule has 0 spiro atoms. The molecule has 0 heterocycles. The lowest BCUT2D eigenvalue weighted by molar-refractivity contribution is -0.140. The highest BCUT2D eigenvalue weighted by Crippen LogP contribution is 2.32. The van der Waals surface area contributed by atoms with E-state index in [1.165, 1.54) is 37.3 Å². The minimum absolute atomic E-state index is 0.0773. The van der Waals surface area contributed by atoms with Crippen molar-refractivity contribution in [2.45, 2.75) is 50.7 Å². The number of nitrogens with one attached hydrogen (secondary N) is 1. The van der Waals surface area contributed by atoms with Crippen LogP contribution in [0.1, 0.15) is 30.5 Å². The molecule has 9 nitrogen and oxygen atoms in total. The molecule has 1 atom stereocenters. The lowest BCUT2D eigenvalue weighted by atomic mass is 10.0. The van der Waals surface area contributed by atoms with Crippen LogP contribution in [-0.4, -0.2) is 58.0 Å². The van der Waals surface area contributed by atoms with E-state index in [1.54, 1.807) is 24.3 Å². The molecule has 0 aliphatic heterocycles. The zero-order valence-corrected chi connectivity index (χ0v) is 27.7. The largest absolute Gasteiger partial charge is 0.493 e. The van der Waals surface area contributed by atoms with Crippen LogP contribution in [0.3, 0.4) is 0 Å². The third kappa shape index (κ3) is 8.45. The maximum Gasteiger partial charge on any atom is 0.264 e. The fourth-order valence-electron chi connectivity index (χ4n) is 5.06. The van der Waals surface area contributed by atoms with Gasteiger partial charge < -0.3 is 19.7 Å². The molecule has 0 radical (unpaired) electrons. The Bertz CT molecular complexity index is 1710. The van der Waals surface area contributed by atoms with Crippen LogP contribution in [0.2, 0.25) is 0 Å². The van der Waals surface area contributed by atoms with Gasteiger partial charge in [0.15, 0.2) is 11.5 Å². The molecule has 2 amide bonds. The predicted molar refractivity (Wildman–Crippen MR) is 179 cm³/mol. The van der Waals surface area contributed by atoms with Crippen molar-refractivity contribution in [2.24, 2.45) is 0 Å². The number of methoxy groups -OCH3 is 2. The third-order valence-corrected chi connectivity index (χ3v) is 9.21. The average Bonchev–Trinajstić information content (AvgIpc) is 3.05. The van der Waals surface area contributed by atoms with E-state index in [1.807, 2.05) is 81.4 Å². The number of amides is 2. The van der Waals surface area contributed by atoms with Gasteiger partial charge in [-0.05, 0) is 56.2 Å². The van der Waals surface area contributed by atoms with Gasteiger partial charge in [-0.2, -0.15) is 0 Å². The molecule has 0 fully saturated rings. The quantitative estimate of drug-likeness (QED) is 0.198. The number of aryl methyl sites for hydroxylation is 1. The molecular formula is C36H41N3O6S. The summed E-state index contributed by atoms with van der Waals surface area (Å²) in [6.45, 7) is 5.16. The molecule has 1 N–H and O–H groups in total. The molecule has 242 valence electrons. The second-order valence-corrected chi connectivity index (χ2v) is 13.1. The first-order valence-electron chi connectivity index (χ1n) is 15.0. The maximum absolute atomic E-state index is 14.5. The van der Waals surface area contributed by atoms with Gasteiger partial charge in [0.1, 0.15) is 12.6 Å². The summed E-state index contributed by atoms with van der Waals surface area (Å²) in [4.78, 5) is 29.7. The van der Waals surface area contributed by atoms with Crippen molar-refractivity contribution >= 4 is 27.5 Å². The Labute approximate surface area is 271 Å². The summed E-state index contributed by atoms with van der Waals surface area (Å²) < 4.78 is 40.4. The molecule has 0 saturated carbocycles. The zero-order valence-electron chi connectivity index (χ0n) is 26.8. The monoisotopic (exact) mass is 643 g/mol. The van der Waals surface area contributed by atoms with Crippen molar-refractivity contribution in [3.8, 4) is 11.5 Å². The minimum atomic E-state index is -4.30. The second kappa shape index (κ2) is 15.4. The summed E-state index contributed by atoms with van der Waals surface area (Å²) in [5.41, 5.74) is 2.90. The highest BCUT2D eigenvalue weighted by atomic mass is 32.2. The van der Waals surface area contributed by atoms with E-state index in [-0.39, 0.29) is 35.6 Å². The summed E-state index contributed by atoms with van der Waals surface area (Å²) >= 11 is 0. The van der Waals surface area contributed by atoms with Gasteiger partial charge in [0.25, 0.3) is 10.0 Å². The summed E-state index contributed by atoms with van der Waals surface area (Å²) in [6, 6.07) is 28.9. The van der Waals surface area contributed by atoms with Crippen LogP contribution in [0.15, 0.2) is 108 Å². The SMILES string of the molecule is COc1ccc(S(=O)(=O)N(CC(=O)N(Cc2ccccc2)[C@H](Cc2ccccc2)C(=O)NC(C)C)c2ccc(C)cc2)cc1OC. The van der Waals surface area contributed by atoms with Crippen molar-refractivity contribution in [3.63, 3.8) is 0 Å². The molecule has 0 unspecified atom stereocenters. The number of anilines is 1. The lowest BCUT2D eigenvalue weighted by Gasteiger charge is -2.34. The second-order valence-electron chi connectivity index (χ2n) is 11.2. The van der Waals surface area contributed by atoms with E-state index < -0.39 is 28.5 Å². The Hall–Kier alpha value is -4.83. The molecule has 0 aliphatic carbocycles. The van der Waals surface area contributed by atoms with Gasteiger partial charge in [0.05, 0.1) is 24.8 Å². The lowest BCUT2D eigenvalue weighted by Crippen LogP contribution is -2.54. The van der Waals surface area contributed by atoms with Crippen LogP contribution in [0.5, 0.6) is 11.5 Å². The third-order valence-electron chi connectivity index (χ3n) is 7.44. The smallest absolute Gasteiger partial charge is 0.264 e. The highest BCUT2D eigenvalue weighted by Gasteiger charge is 2.35. The number of benzene rings is 4. The summed E-state index contributed by atoms with van der Waals surface area (Å²) in [5, 5.41) is 2.96. The molecule has 0 aromatic heterocycles. The number of nitrogens with zero attached hydrogens (tertiary/aromatic N) is 2. The van der Waals surface area contributed by atoms with Crippen molar-refractivity contribution in [3.05, 3.63) is 120 Å². The Morgan fingerprint density at radius 1 is 0.783 bits per heavy atom. The first-order chi connectivity index (χ1) is 22.0. The maximum atomic E-state index is 14.5. The molecule has 4 aromatic carbocycles. The molecule has 4 aromatic rings. The molecule has 0 bridgehead atoms. The van der Waals surface area contributed by atoms with E-state index in [0.717, 1.165) is 21.0 Å². The number of hydrogen-bond donors (Lipinski definition) is 1. The molecule has 0 aliphatic rings. The van der Waals surface area contributed by atoms with E-state index >= 15 is 0 Å². The fraction of sp³-hybridized carbons (Fsp3) is 0.278. The summed E-state index contributed by atoms with van der Waals surface area (Å²) in [5.74, 6) is -0.257.